The fraction of sp³-hybridized carbons (Fsp3) is 0.450. The molecule has 1 aliphatic rings. The van der Waals surface area contributed by atoms with Crippen molar-refractivity contribution in [2.75, 3.05) is 56.8 Å². The highest BCUT2D eigenvalue weighted by molar-refractivity contribution is 6.04. The topological polar surface area (TPSA) is 92.1 Å². The number of rotatable bonds is 9. The van der Waals surface area contributed by atoms with Crippen LogP contribution in [0.15, 0.2) is 35.6 Å². The number of aromatic nitrogens is 2. The first kappa shape index (κ1) is 20.0. The molecule has 150 valence electrons. The van der Waals surface area contributed by atoms with Crippen LogP contribution in [0.4, 0.5) is 11.4 Å². The van der Waals surface area contributed by atoms with Crippen molar-refractivity contribution in [1.29, 1.82) is 0 Å². The Morgan fingerprint density at radius 2 is 2.14 bits per heavy atom. The Balaban J connectivity index is 1.85. The molecular formula is C20H27N5O3. The monoisotopic (exact) mass is 385 g/mol. The summed E-state index contributed by atoms with van der Waals surface area (Å²) in [6, 6.07) is 5.82. The normalized spacial score (nSPS) is 14.7. The molecule has 0 aliphatic carbocycles. The molecule has 0 bridgehead atoms. The van der Waals surface area contributed by atoms with Crippen molar-refractivity contribution in [3.05, 3.63) is 30.6 Å². The van der Waals surface area contributed by atoms with E-state index in [9.17, 15) is 0 Å². The molecule has 2 aromatic rings. The van der Waals surface area contributed by atoms with E-state index in [4.69, 9.17) is 14.6 Å². The van der Waals surface area contributed by atoms with Gasteiger partial charge in [0.2, 0.25) is 5.88 Å². The van der Waals surface area contributed by atoms with Gasteiger partial charge in [0.15, 0.2) is 0 Å². The first-order chi connectivity index (χ1) is 13.7. The van der Waals surface area contributed by atoms with Gasteiger partial charge in [0.05, 0.1) is 56.7 Å². The van der Waals surface area contributed by atoms with Crippen LogP contribution in [0.25, 0.3) is 11.3 Å². The number of fused-ring (bicyclic) bond motifs is 1. The molecular weight excluding hydrogens is 358 g/mol. The predicted molar refractivity (Wildman–Crippen MR) is 110 cm³/mol. The molecule has 0 amide bonds. The molecule has 0 fully saturated rings. The van der Waals surface area contributed by atoms with Crippen LogP contribution in [0.2, 0.25) is 0 Å². The zero-order valence-corrected chi connectivity index (χ0v) is 16.4. The Bertz CT molecular complexity index is 795. The molecule has 0 spiro atoms. The van der Waals surface area contributed by atoms with Crippen LogP contribution in [-0.2, 0) is 4.74 Å². The second-order valence-corrected chi connectivity index (χ2v) is 6.39. The van der Waals surface area contributed by atoms with E-state index in [0.717, 1.165) is 48.0 Å². The van der Waals surface area contributed by atoms with Crippen molar-refractivity contribution in [2.45, 2.75) is 13.3 Å². The summed E-state index contributed by atoms with van der Waals surface area (Å²) < 4.78 is 10.8. The largest absolute Gasteiger partial charge is 0.481 e. The average Bonchev–Trinajstić information content (AvgIpc) is 2.75. The fourth-order valence-corrected chi connectivity index (χ4v) is 2.97. The number of amidine groups is 1. The quantitative estimate of drug-likeness (QED) is 0.639. The van der Waals surface area contributed by atoms with E-state index in [0.29, 0.717) is 25.6 Å². The zero-order valence-electron chi connectivity index (χ0n) is 16.4. The third-order valence-corrected chi connectivity index (χ3v) is 4.34. The van der Waals surface area contributed by atoms with Crippen LogP contribution in [0, 0.1) is 0 Å². The van der Waals surface area contributed by atoms with Crippen LogP contribution in [0.1, 0.15) is 13.3 Å². The van der Waals surface area contributed by atoms with E-state index in [1.807, 2.05) is 18.3 Å². The lowest BCUT2D eigenvalue weighted by Crippen LogP contribution is -2.40. The van der Waals surface area contributed by atoms with Crippen molar-refractivity contribution >= 4 is 17.2 Å². The standard InChI is InChI=1S/C20H27N5O3/c1-3-9-28-10-7-25-14-19(21-6-8-26)24-17-13-22-16(11-18(17)25)15-4-5-20(27-2)23-12-15/h4-5,11-13,26H,3,6-10,14H2,1-2H3,(H,21,24). The van der Waals surface area contributed by atoms with Crippen molar-refractivity contribution < 1.29 is 14.6 Å². The lowest BCUT2D eigenvalue weighted by Gasteiger charge is -2.33. The maximum absolute atomic E-state index is 9.06. The molecule has 8 heteroatoms. The van der Waals surface area contributed by atoms with Crippen molar-refractivity contribution in [2.24, 2.45) is 4.99 Å². The molecule has 0 saturated heterocycles. The number of hydrogen-bond donors (Lipinski definition) is 2. The van der Waals surface area contributed by atoms with Gasteiger partial charge >= 0.3 is 0 Å². The van der Waals surface area contributed by atoms with E-state index in [-0.39, 0.29) is 6.61 Å². The SMILES string of the molecule is CCCOCCN1CC(=NCCO)Nc2cnc(-c3ccc(OC)nc3)cc21. The minimum Gasteiger partial charge on any atom is -0.481 e. The minimum atomic E-state index is 0.0271. The molecule has 3 heterocycles. The molecule has 0 unspecified atom stereocenters. The number of anilines is 2. The van der Waals surface area contributed by atoms with Gasteiger partial charge in [-0.3, -0.25) is 9.98 Å². The molecule has 0 radical (unpaired) electrons. The first-order valence-corrected chi connectivity index (χ1v) is 9.49. The number of aliphatic hydroxyl groups is 1. The fourth-order valence-electron chi connectivity index (χ4n) is 2.97. The number of hydrogen-bond acceptors (Lipinski definition) is 7. The second-order valence-electron chi connectivity index (χ2n) is 6.39. The Kier molecular flexibility index (Phi) is 7.16. The van der Waals surface area contributed by atoms with Gasteiger partial charge in [-0.1, -0.05) is 6.92 Å². The minimum absolute atomic E-state index is 0.0271. The van der Waals surface area contributed by atoms with Crippen LogP contribution >= 0.6 is 0 Å². The summed E-state index contributed by atoms with van der Waals surface area (Å²) in [5.74, 6) is 1.39. The Morgan fingerprint density at radius 1 is 1.25 bits per heavy atom. The van der Waals surface area contributed by atoms with Crippen LogP contribution in [-0.4, -0.2) is 67.5 Å². The van der Waals surface area contributed by atoms with Crippen molar-refractivity contribution in [1.82, 2.24) is 9.97 Å². The zero-order chi connectivity index (χ0) is 19.8. The molecule has 2 aromatic heterocycles. The molecule has 8 nitrogen and oxygen atoms in total. The highest BCUT2D eigenvalue weighted by Gasteiger charge is 2.22. The molecule has 0 aromatic carbocycles. The van der Waals surface area contributed by atoms with Crippen LogP contribution in [0.3, 0.4) is 0 Å². The summed E-state index contributed by atoms with van der Waals surface area (Å²) in [7, 11) is 1.60. The smallest absolute Gasteiger partial charge is 0.212 e. The van der Waals surface area contributed by atoms with Gasteiger partial charge in [0.25, 0.3) is 0 Å². The lowest BCUT2D eigenvalue weighted by molar-refractivity contribution is 0.141. The number of pyridine rings is 2. The maximum atomic E-state index is 9.06. The van der Waals surface area contributed by atoms with E-state index in [1.54, 1.807) is 13.3 Å². The number of methoxy groups -OCH3 is 1. The summed E-state index contributed by atoms with van der Waals surface area (Å²) >= 11 is 0. The molecule has 1 aliphatic heterocycles. The van der Waals surface area contributed by atoms with Gasteiger partial charge in [0.1, 0.15) is 5.84 Å². The Morgan fingerprint density at radius 3 is 2.86 bits per heavy atom. The molecule has 0 saturated carbocycles. The highest BCUT2D eigenvalue weighted by Crippen LogP contribution is 2.32. The second kappa shape index (κ2) is 10.0. The van der Waals surface area contributed by atoms with E-state index in [1.165, 1.54) is 0 Å². The number of aliphatic hydroxyl groups excluding tert-OH is 1. The summed E-state index contributed by atoms with van der Waals surface area (Å²) in [5, 5.41) is 12.4. The predicted octanol–water partition coefficient (Wildman–Crippen LogP) is 2.20. The van der Waals surface area contributed by atoms with Crippen molar-refractivity contribution in [3.63, 3.8) is 0 Å². The molecule has 0 atom stereocenters. The third-order valence-electron chi connectivity index (χ3n) is 4.34. The van der Waals surface area contributed by atoms with Gasteiger partial charge in [-0.25, -0.2) is 4.98 Å². The van der Waals surface area contributed by atoms with Gasteiger partial charge in [-0.2, -0.15) is 0 Å². The number of nitrogens with zero attached hydrogens (tertiary/aromatic N) is 4. The Hall–Kier alpha value is -2.71. The van der Waals surface area contributed by atoms with E-state index >= 15 is 0 Å². The molecule has 28 heavy (non-hydrogen) atoms. The van der Waals surface area contributed by atoms with Crippen molar-refractivity contribution in [3.8, 4) is 17.1 Å². The average molecular weight is 385 g/mol. The first-order valence-electron chi connectivity index (χ1n) is 9.49. The Labute approximate surface area is 165 Å². The van der Waals surface area contributed by atoms with E-state index in [2.05, 4.69) is 38.2 Å². The van der Waals surface area contributed by atoms with Crippen LogP contribution < -0.4 is 15.0 Å². The highest BCUT2D eigenvalue weighted by atomic mass is 16.5. The van der Waals surface area contributed by atoms with Gasteiger partial charge in [-0.05, 0) is 18.6 Å². The van der Waals surface area contributed by atoms with Gasteiger partial charge < -0.3 is 24.8 Å². The lowest BCUT2D eigenvalue weighted by atomic mass is 10.1. The van der Waals surface area contributed by atoms with Crippen LogP contribution in [0.5, 0.6) is 5.88 Å². The summed E-state index contributed by atoms with van der Waals surface area (Å²) in [4.78, 5) is 15.5. The summed E-state index contributed by atoms with van der Waals surface area (Å²) in [6.07, 6.45) is 4.56. The molecule has 2 N–H and O–H groups in total. The molecule has 3 rings (SSSR count). The third kappa shape index (κ3) is 4.96. The number of aliphatic imine (C=N–C) groups is 1. The van der Waals surface area contributed by atoms with E-state index < -0.39 is 0 Å². The summed E-state index contributed by atoms with van der Waals surface area (Å²) in [5.41, 5.74) is 3.70. The summed E-state index contributed by atoms with van der Waals surface area (Å²) in [6.45, 7) is 5.27. The number of nitrogens with one attached hydrogen (secondary N) is 1. The maximum Gasteiger partial charge on any atom is 0.212 e. The number of ether oxygens (including phenoxy) is 2. The van der Waals surface area contributed by atoms with Gasteiger partial charge in [-0.15, -0.1) is 0 Å². The van der Waals surface area contributed by atoms with Gasteiger partial charge in [0, 0.05) is 31.0 Å².